The van der Waals surface area contributed by atoms with E-state index in [9.17, 15) is 13.2 Å². The number of furan rings is 1. The van der Waals surface area contributed by atoms with Crippen molar-refractivity contribution in [3.8, 4) is 11.3 Å². The Kier molecular flexibility index (Phi) is 4.23. The third kappa shape index (κ3) is 3.46. The largest absolute Gasteiger partial charge is 0.451 e. The highest BCUT2D eigenvalue weighted by Crippen LogP contribution is 2.24. The van der Waals surface area contributed by atoms with E-state index in [1.165, 1.54) is 12.1 Å². The lowest BCUT2D eigenvalue weighted by Crippen LogP contribution is -2.35. The van der Waals surface area contributed by atoms with Crippen molar-refractivity contribution in [2.45, 2.75) is 24.2 Å². The van der Waals surface area contributed by atoms with Crippen LogP contribution < -0.4 is 5.14 Å². The summed E-state index contributed by atoms with van der Waals surface area (Å²) in [6, 6.07) is 9.41. The van der Waals surface area contributed by atoms with Gasteiger partial charge in [0.1, 0.15) is 5.76 Å². The van der Waals surface area contributed by atoms with Crippen LogP contribution in [0.25, 0.3) is 11.3 Å². The van der Waals surface area contributed by atoms with E-state index in [4.69, 9.17) is 9.56 Å². The fourth-order valence-electron chi connectivity index (χ4n) is 2.67. The van der Waals surface area contributed by atoms with E-state index in [1.807, 2.05) is 0 Å². The SMILES string of the molecule is NS(=O)(=O)c1ccc(-c2ccc(C(=O)N3CCCCC3)o2)cc1. The average molecular weight is 334 g/mol. The van der Waals surface area contributed by atoms with Crippen molar-refractivity contribution in [1.29, 1.82) is 0 Å². The number of sulfonamides is 1. The number of nitrogens with zero attached hydrogens (tertiary/aromatic N) is 1. The first-order chi connectivity index (χ1) is 10.9. The van der Waals surface area contributed by atoms with Crippen molar-refractivity contribution >= 4 is 15.9 Å². The van der Waals surface area contributed by atoms with Gasteiger partial charge in [0, 0.05) is 18.7 Å². The fraction of sp³-hybridized carbons (Fsp3) is 0.312. The van der Waals surface area contributed by atoms with E-state index in [0.717, 1.165) is 32.4 Å². The Morgan fingerprint density at radius 1 is 1.00 bits per heavy atom. The summed E-state index contributed by atoms with van der Waals surface area (Å²) in [6.07, 6.45) is 3.20. The molecule has 23 heavy (non-hydrogen) atoms. The summed E-state index contributed by atoms with van der Waals surface area (Å²) in [4.78, 5) is 14.2. The molecule has 1 aliphatic rings. The second kappa shape index (κ2) is 6.17. The zero-order chi connectivity index (χ0) is 16.4. The molecule has 1 saturated heterocycles. The number of amides is 1. The molecule has 3 rings (SSSR count). The lowest BCUT2D eigenvalue weighted by Gasteiger charge is -2.25. The van der Waals surface area contributed by atoms with Crippen LogP contribution in [-0.2, 0) is 10.0 Å². The molecule has 6 nitrogen and oxygen atoms in total. The average Bonchev–Trinajstić information content (AvgIpc) is 3.04. The van der Waals surface area contributed by atoms with E-state index in [1.54, 1.807) is 29.2 Å². The molecule has 2 aromatic rings. The molecule has 2 heterocycles. The van der Waals surface area contributed by atoms with E-state index in [0.29, 0.717) is 17.1 Å². The van der Waals surface area contributed by atoms with Crippen LogP contribution in [0.4, 0.5) is 0 Å². The lowest BCUT2D eigenvalue weighted by atomic mass is 10.1. The molecule has 0 spiro atoms. The number of hydrogen-bond donors (Lipinski definition) is 1. The number of primary sulfonamides is 1. The molecule has 1 fully saturated rings. The molecular weight excluding hydrogens is 316 g/mol. The number of hydrogen-bond acceptors (Lipinski definition) is 4. The van der Waals surface area contributed by atoms with Crippen LogP contribution >= 0.6 is 0 Å². The van der Waals surface area contributed by atoms with E-state index in [-0.39, 0.29) is 10.8 Å². The second-order valence-corrected chi connectivity index (χ2v) is 7.15. The number of benzene rings is 1. The molecule has 1 aromatic heterocycles. The number of carbonyl (C=O) groups excluding carboxylic acids is 1. The molecule has 1 aromatic carbocycles. The molecular formula is C16H18N2O4S. The molecule has 0 unspecified atom stereocenters. The maximum atomic E-state index is 12.4. The fourth-order valence-corrected chi connectivity index (χ4v) is 3.19. The number of likely N-dealkylation sites (tertiary alicyclic amines) is 1. The van der Waals surface area contributed by atoms with Crippen molar-refractivity contribution in [2.24, 2.45) is 5.14 Å². The Morgan fingerprint density at radius 3 is 2.26 bits per heavy atom. The van der Waals surface area contributed by atoms with Crippen LogP contribution in [0.3, 0.4) is 0 Å². The van der Waals surface area contributed by atoms with Crippen LogP contribution in [0.15, 0.2) is 45.7 Å². The summed E-state index contributed by atoms with van der Waals surface area (Å²) in [6.45, 7) is 1.52. The summed E-state index contributed by atoms with van der Waals surface area (Å²) in [7, 11) is -3.72. The zero-order valence-electron chi connectivity index (χ0n) is 12.6. The predicted molar refractivity (Wildman–Crippen MR) is 85.3 cm³/mol. The zero-order valence-corrected chi connectivity index (χ0v) is 13.4. The molecule has 0 bridgehead atoms. The first kappa shape index (κ1) is 15.8. The topological polar surface area (TPSA) is 93.6 Å². The highest BCUT2D eigenvalue weighted by atomic mass is 32.2. The standard InChI is InChI=1S/C16H18N2O4S/c17-23(20,21)13-6-4-12(5-7-13)14-8-9-15(22-14)16(19)18-10-2-1-3-11-18/h4-9H,1-3,10-11H2,(H2,17,20,21). The second-order valence-electron chi connectivity index (χ2n) is 5.59. The van der Waals surface area contributed by atoms with Gasteiger partial charge in [-0.25, -0.2) is 13.6 Å². The Balaban J connectivity index is 1.80. The van der Waals surface area contributed by atoms with Crippen LogP contribution in [0.2, 0.25) is 0 Å². The van der Waals surface area contributed by atoms with Crippen LogP contribution in [-0.4, -0.2) is 32.3 Å². The highest BCUT2D eigenvalue weighted by Gasteiger charge is 2.21. The predicted octanol–water partition coefficient (Wildman–Crippen LogP) is 2.22. The van der Waals surface area contributed by atoms with Gasteiger partial charge in [0.15, 0.2) is 5.76 Å². The summed E-state index contributed by atoms with van der Waals surface area (Å²) in [5, 5.41) is 5.07. The molecule has 2 N–H and O–H groups in total. The molecule has 0 saturated carbocycles. The third-order valence-electron chi connectivity index (χ3n) is 3.93. The van der Waals surface area contributed by atoms with E-state index >= 15 is 0 Å². The van der Waals surface area contributed by atoms with Gasteiger partial charge in [-0.3, -0.25) is 4.79 Å². The first-order valence-electron chi connectivity index (χ1n) is 7.47. The minimum Gasteiger partial charge on any atom is -0.451 e. The first-order valence-corrected chi connectivity index (χ1v) is 9.02. The van der Waals surface area contributed by atoms with E-state index in [2.05, 4.69) is 0 Å². The quantitative estimate of drug-likeness (QED) is 0.931. The lowest BCUT2D eigenvalue weighted by molar-refractivity contribution is 0.0693. The molecule has 0 aliphatic carbocycles. The van der Waals surface area contributed by atoms with Gasteiger partial charge in [0.05, 0.1) is 4.90 Å². The maximum absolute atomic E-state index is 12.4. The number of piperidine rings is 1. The monoisotopic (exact) mass is 334 g/mol. The molecule has 122 valence electrons. The van der Waals surface area contributed by atoms with Gasteiger partial charge in [-0.15, -0.1) is 0 Å². The number of carbonyl (C=O) groups is 1. The maximum Gasteiger partial charge on any atom is 0.289 e. The molecule has 1 aliphatic heterocycles. The van der Waals surface area contributed by atoms with Crippen molar-refractivity contribution in [3.05, 3.63) is 42.2 Å². The summed E-state index contributed by atoms with van der Waals surface area (Å²) in [5.74, 6) is 0.723. The number of nitrogens with two attached hydrogens (primary N) is 1. The Hall–Kier alpha value is -2.12. The summed E-state index contributed by atoms with van der Waals surface area (Å²) < 4.78 is 28.1. The van der Waals surface area contributed by atoms with E-state index < -0.39 is 10.0 Å². The normalized spacial score (nSPS) is 15.6. The Morgan fingerprint density at radius 2 is 1.65 bits per heavy atom. The Labute approximate surface area is 134 Å². The Bertz CT molecular complexity index is 803. The molecule has 0 atom stereocenters. The van der Waals surface area contributed by atoms with Gasteiger partial charge in [-0.05, 0) is 55.7 Å². The van der Waals surface area contributed by atoms with Gasteiger partial charge in [0.2, 0.25) is 10.0 Å². The highest BCUT2D eigenvalue weighted by molar-refractivity contribution is 7.89. The van der Waals surface area contributed by atoms with Gasteiger partial charge in [-0.1, -0.05) is 0 Å². The number of rotatable bonds is 3. The van der Waals surface area contributed by atoms with Crippen molar-refractivity contribution in [1.82, 2.24) is 4.90 Å². The minimum atomic E-state index is -3.72. The van der Waals surface area contributed by atoms with Crippen molar-refractivity contribution in [2.75, 3.05) is 13.1 Å². The minimum absolute atomic E-state index is 0.0393. The third-order valence-corrected chi connectivity index (χ3v) is 4.86. The van der Waals surface area contributed by atoms with Gasteiger partial charge in [-0.2, -0.15) is 0 Å². The van der Waals surface area contributed by atoms with Crippen molar-refractivity contribution in [3.63, 3.8) is 0 Å². The van der Waals surface area contributed by atoms with Gasteiger partial charge in [0.25, 0.3) is 5.91 Å². The molecule has 1 amide bonds. The summed E-state index contributed by atoms with van der Waals surface area (Å²) in [5.41, 5.74) is 0.690. The molecule has 7 heteroatoms. The van der Waals surface area contributed by atoms with Crippen molar-refractivity contribution < 1.29 is 17.6 Å². The van der Waals surface area contributed by atoms with Crippen LogP contribution in [0.1, 0.15) is 29.8 Å². The molecule has 0 radical (unpaired) electrons. The van der Waals surface area contributed by atoms with Crippen LogP contribution in [0, 0.1) is 0 Å². The van der Waals surface area contributed by atoms with Gasteiger partial charge < -0.3 is 9.32 Å². The smallest absolute Gasteiger partial charge is 0.289 e. The van der Waals surface area contributed by atoms with Crippen LogP contribution in [0.5, 0.6) is 0 Å². The summed E-state index contributed by atoms with van der Waals surface area (Å²) >= 11 is 0. The van der Waals surface area contributed by atoms with Gasteiger partial charge >= 0.3 is 0 Å².